The maximum Gasteiger partial charge on any atom is 0.0605 e. The molecule has 0 amide bonds. The SMILES string of the molecule is Cc1ccc(N2CCc3sccc3C2C)c(N)c1. The molecular formula is C15H18N2S. The Labute approximate surface area is 112 Å². The van der Waals surface area contributed by atoms with Gasteiger partial charge in [-0.05, 0) is 55.0 Å². The van der Waals surface area contributed by atoms with Gasteiger partial charge in [-0.3, -0.25) is 0 Å². The number of aryl methyl sites for hydroxylation is 1. The van der Waals surface area contributed by atoms with Gasteiger partial charge in [-0.15, -0.1) is 11.3 Å². The van der Waals surface area contributed by atoms with E-state index in [1.165, 1.54) is 21.7 Å². The van der Waals surface area contributed by atoms with Crippen molar-refractivity contribution in [3.8, 4) is 0 Å². The van der Waals surface area contributed by atoms with Crippen molar-refractivity contribution in [3.05, 3.63) is 45.6 Å². The number of fused-ring (bicyclic) bond motifs is 1. The number of hydrogen-bond acceptors (Lipinski definition) is 3. The second-order valence-corrected chi connectivity index (χ2v) is 5.98. The first kappa shape index (κ1) is 11.6. The number of anilines is 2. The minimum atomic E-state index is 0.421. The molecule has 0 fully saturated rings. The van der Waals surface area contributed by atoms with E-state index in [9.17, 15) is 0 Å². The quantitative estimate of drug-likeness (QED) is 0.789. The van der Waals surface area contributed by atoms with E-state index < -0.39 is 0 Å². The zero-order valence-electron chi connectivity index (χ0n) is 10.8. The van der Waals surface area contributed by atoms with Crippen LogP contribution in [0.4, 0.5) is 11.4 Å². The highest BCUT2D eigenvalue weighted by molar-refractivity contribution is 7.10. The van der Waals surface area contributed by atoms with Gasteiger partial charge in [0.25, 0.3) is 0 Å². The summed E-state index contributed by atoms with van der Waals surface area (Å²) in [6, 6.07) is 9.02. The van der Waals surface area contributed by atoms with Crippen molar-refractivity contribution in [1.29, 1.82) is 0 Å². The Morgan fingerprint density at radius 3 is 2.94 bits per heavy atom. The molecule has 0 bridgehead atoms. The lowest BCUT2D eigenvalue weighted by Crippen LogP contribution is -2.33. The fourth-order valence-corrected chi connectivity index (χ4v) is 3.74. The molecule has 1 aromatic carbocycles. The van der Waals surface area contributed by atoms with E-state index in [0.29, 0.717) is 6.04 Å². The lowest BCUT2D eigenvalue weighted by molar-refractivity contribution is 0.633. The first-order valence-corrected chi connectivity index (χ1v) is 7.24. The van der Waals surface area contributed by atoms with E-state index in [-0.39, 0.29) is 0 Å². The molecule has 2 aromatic rings. The molecule has 0 saturated heterocycles. The van der Waals surface area contributed by atoms with Crippen LogP contribution in [0.25, 0.3) is 0 Å². The summed E-state index contributed by atoms with van der Waals surface area (Å²) in [5.74, 6) is 0. The molecule has 1 aliphatic rings. The largest absolute Gasteiger partial charge is 0.397 e. The molecule has 18 heavy (non-hydrogen) atoms. The van der Waals surface area contributed by atoms with Crippen molar-refractivity contribution in [2.75, 3.05) is 17.2 Å². The average molecular weight is 258 g/mol. The molecule has 1 unspecified atom stereocenters. The molecule has 1 atom stereocenters. The topological polar surface area (TPSA) is 29.3 Å². The minimum Gasteiger partial charge on any atom is -0.397 e. The van der Waals surface area contributed by atoms with Crippen molar-refractivity contribution in [1.82, 2.24) is 0 Å². The number of nitrogens with zero attached hydrogens (tertiary/aromatic N) is 1. The Kier molecular flexibility index (Phi) is 2.78. The Morgan fingerprint density at radius 2 is 2.17 bits per heavy atom. The molecule has 0 spiro atoms. The van der Waals surface area contributed by atoms with E-state index in [4.69, 9.17) is 5.73 Å². The third kappa shape index (κ3) is 1.79. The Morgan fingerprint density at radius 1 is 1.33 bits per heavy atom. The third-order valence-electron chi connectivity index (χ3n) is 3.77. The predicted molar refractivity (Wildman–Crippen MR) is 79.4 cm³/mol. The lowest BCUT2D eigenvalue weighted by Gasteiger charge is -2.36. The molecule has 2 heterocycles. The molecule has 2 N–H and O–H groups in total. The predicted octanol–water partition coefficient (Wildman–Crippen LogP) is 3.76. The number of nitrogens with two attached hydrogens (primary N) is 1. The van der Waals surface area contributed by atoms with Crippen molar-refractivity contribution in [3.63, 3.8) is 0 Å². The monoisotopic (exact) mass is 258 g/mol. The number of nitrogen functional groups attached to an aromatic ring is 1. The Hall–Kier alpha value is -1.48. The molecule has 0 saturated carbocycles. The number of hydrogen-bond donors (Lipinski definition) is 1. The molecule has 0 radical (unpaired) electrons. The minimum absolute atomic E-state index is 0.421. The van der Waals surface area contributed by atoms with Gasteiger partial charge in [-0.2, -0.15) is 0 Å². The first-order chi connectivity index (χ1) is 8.66. The van der Waals surface area contributed by atoms with E-state index in [2.05, 4.69) is 48.4 Å². The van der Waals surface area contributed by atoms with Gasteiger partial charge < -0.3 is 10.6 Å². The zero-order chi connectivity index (χ0) is 12.7. The highest BCUT2D eigenvalue weighted by atomic mass is 32.1. The Bertz CT molecular complexity index is 574. The molecule has 1 aliphatic heterocycles. The van der Waals surface area contributed by atoms with Crippen LogP contribution in [-0.4, -0.2) is 6.54 Å². The van der Waals surface area contributed by atoms with Gasteiger partial charge in [-0.25, -0.2) is 0 Å². The van der Waals surface area contributed by atoms with Crippen molar-refractivity contribution in [2.45, 2.75) is 26.3 Å². The summed E-state index contributed by atoms with van der Waals surface area (Å²) in [6.07, 6.45) is 1.13. The van der Waals surface area contributed by atoms with Crippen LogP contribution in [0.2, 0.25) is 0 Å². The molecule has 1 aromatic heterocycles. The summed E-state index contributed by atoms with van der Waals surface area (Å²) >= 11 is 1.88. The number of rotatable bonds is 1. The van der Waals surface area contributed by atoms with Gasteiger partial charge >= 0.3 is 0 Å². The highest BCUT2D eigenvalue weighted by Gasteiger charge is 2.25. The van der Waals surface area contributed by atoms with Crippen LogP contribution in [0, 0.1) is 6.92 Å². The second kappa shape index (κ2) is 4.32. The third-order valence-corrected chi connectivity index (χ3v) is 4.77. The van der Waals surface area contributed by atoms with Crippen LogP contribution in [0.3, 0.4) is 0 Å². The van der Waals surface area contributed by atoms with Crippen LogP contribution in [0.1, 0.15) is 29.0 Å². The van der Waals surface area contributed by atoms with Crippen LogP contribution < -0.4 is 10.6 Å². The van der Waals surface area contributed by atoms with E-state index in [0.717, 1.165) is 18.7 Å². The maximum atomic E-state index is 6.17. The summed E-state index contributed by atoms with van der Waals surface area (Å²) in [6.45, 7) is 5.41. The normalized spacial score (nSPS) is 18.8. The van der Waals surface area contributed by atoms with Gasteiger partial charge in [0, 0.05) is 11.4 Å². The number of benzene rings is 1. The summed E-state index contributed by atoms with van der Waals surface area (Å²) in [5, 5.41) is 2.20. The van der Waals surface area contributed by atoms with Crippen molar-refractivity contribution >= 4 is 22.7 Å². The van der Waals surface area contributed by atoms with Crippen LogP contribution in [-0.2, 0) is 6.42 Å². The summed E-state index contributed by atoms with van der Waals surface area (Å²) in [5.41, 5.74) is 10.9. The van der Waals surface area contributed by atoms with E-state index >= 15 is 0 Å². The standard InChI is InChI=1S/C15H18N2S/c1-10-3-4-14(13(16)9-10)17-7-5-15-12(11(17)2)6-8-18-15/h3-4,6,8-9,11H,5,7,16H2,1-2H3. The molecule has 3 rings (SSSR count). The zero-order valence-corrected chi connectivity index (χ0v) is 11.6. The fraction of sp³-hybridized carbons (Fsp3) is 0.333. The number of thiophene rings is 1. The van der Waals surface area contributed by atoms with Crippen LogP contribution in [0.15, 0.2) is 29.6 Å². The summed E-state index contributed by atoms with van der Waals surface area (Å²) in [7, 11) is 0. The maximum absolute atomic E-state index is 6.17. The van der Waals surface area contributed by atoms with E-state index in [1.54, 1.807) is 0 Å². The van der Waals surface area contributed by atoms with Gasteiger partial charge in [0.1, 0.15) is 0 Å². The van der Waals surface area contributed by atoms with Crippen molar-refractivity contribution in [2.24, 2.45) is 0 Å². The summed E-state index contributed by atoms with van der Waals surface area (Å²) < 4.78 is 0. The van der Waals surface area contributed by atoms with Crippen molar-refractivity contribution < 1.29 is 0 Å². The first-order valence-electron chi connectivity index (χ1n) is 6.36. The van der Waals surface area contributed by atoms with Gasteiger partial charge in [-0.1, -0.05) is 6.07 Å². The lowest BCUT2D eigenvalue weighted by atomic mass is 10.00. The van der Waals surface area contributed by atoms with Crippen LogP contribution in [0.5, 0.6) is 0 Å². The molecule has 0 aliphatic carbocycles. The van der Waals surface area contributed by atoms with Gasteiger partial charge in [0.05, 0.1) is 17.4 Å². The fourth-order valence-electron chi connectivity index (χ4n) is 2.77. The van der Waals surface area contributed by atoms with Crippen LogP contribution >= 0.6 is 11.3 Å². The molecule has 2 nitrogen and oxygen atoms in total. The summed E-state index contributed by atoms with van der Waals surface area (Å²) in [4.78, 5) is 3.95. The molecule has 94 valence electrons. The molecule has 3 heteroatoms. The van der Waals surface area contributed by atoms with Gasteiger partial charge in [0.2, 0.25) is 0 Å². The smallest absolute Gasteiger partial charge is 0.0605 e. The second-order valence-electron chi connectivity index (χ2n) is 4.98. The Balaban J connectivity index is 1.99. The van der Waals surface area contributed by atoms with E-state index in [1.807, 2.05) is 11.3 Å². The average Bonchev–Trinajstić information content (AvgIpc) is 2.80. The highest BCUT2D eigenvalue weighted by Crippen LogP contribution is 2.38. The van der Waals surface area contributed by atoms with Gasteiger partial charge in [0.15, 0.2) is 0 Å². The molecular weight excluding hydrogens is 240 g/mol.